The summed E-state index contributed by atoms with van der Waals surface area (Å²) in [6, 6.07) is 22.6. The van der Waals surface area contributed by atoms with Crippen molar-refractivity contribution in [1.29, 1.82) is 0 Å². The van der Waals surface area contributed by atoms with Crippen LogP contribution in [-0.2, 0) is 31.0 Å². The predicted octanol–water partition coefficient (Wildman–Crippen LogP) is 2.71. The van der Waals surface area contributed by atoms with E-state index in [2.05, 4.69) is 4.98 Å². The maximum absolute atomic E-state index is 13.6. The summed E-state index contributed by atoms with van der Waals surface area (Å²) in [5, 5.41) is 0. The SMILES string of the molecule is CN(Cc1ccco1)C(=O)Cn1c(=O)c2c(ncn2Cc2ccccc2)n(Cc2ccccc2)c1=O. The van der Waals surface area contributed by atoms with Crippen molar-refractivity contribution in [2.45, 2.75) is 26.2 Å². The van der Waals surface area contributed by atoms with Gasteiger partial charge in [0.05, 0.1) is 25.7 Å². The molecule has 0 atom stereocenters. The molecule has 9 nitrogen and oxygen atoms in total. The number of carbonyl (C=O) groups is 1. The summed E-state index contributed by atoms with van der Waals surface area (Å²) in [5.74, 6) is 0.224. The molecule has 0 bridgehead atoms. The molecule has 0 aliphatic rings. The Hall–Kier alpha value is -4.66. The van der Waals surface area contributed by atoms with Gasteiger partial charge in [0.25, 0.3) is 5.56 Å². The predicted molar refractivity (Wildman–Crippen MR) is 135 cm³/mol. The molecular formula is C27H25N5O4. The van der Waals surface area contributed by atoms with Crippen LogP contribution in [0.25, 0.3) is 11.2 Å². The maximum Gasteiger partial charge on any atom is 0.333 e. The number of aromatic nitrogens is 4. The van der Waals surface area contributed by atoms with Crippen LogP contribution < -0.4 is 11.2 Å². The first kappa shape index (κ1) is 23.1. The van der Waals surface area contributed by atoms with Gasteiger partial charge in [-0.15, -0.1) is 0 Å². The monoisotopic (exact) mass is 483 g/mol. The number of likely N-dealkylation sites (N-methyl/N-ethyl adjacent to an activating group) is 1. The van der Waals surface area contributed by atoms with E-state index in [4.69, 9.17) is 4.42 Å². The fraction of sp³-hybridized carbons (Fsp3) is 0.185. The van der Waals surface area contributed by atoms with Crippen LogP contribution in [0.4, 0.5) is 0 Å². The first-order valence-electron chi connectivity index (χ1n) is 11.5. The molecule has 0 fully saturated rings. The Balaban J connectivity index is 1.58. The zero-order valence-electron chi connectivity index (χ0n) is 19.8. The highest BCUT2D eigenvalue weighted by Crippen LogP contribution is 2.12. The molecule has 0 saturated heterocycles. The van der Waals surface area contributed by atoms with Crippen molar-refractivity contribution < 1.29 is 9.21 Å². The van der Waals surface area contributed by atoms with Gasteiger partial charge in [-0.3, -0.25) is 14.2 Å². The van der Waals surface area contributed by atoms with E-state index < -0.39 is 17.8 Å². The molecule has 182 valence electrons. The Morgan fingerprint density at radius 3 is 2.19 bits per heavy atom. The zero-order chi connectivity index (χ0) is 25.1. The second-order valence-corrected chi connectivity index (χ2v) is 8.61. The van der Waals surface area contributed by atoms with Crippen molar-refractivity contribution in [3.8, 4) is 0 Å². The summed E-state index contributed by atoms with van der Waals surface area (Å²) in [7, 11) is 1.61. The van der Waals surface area contributed by atoms with Gasteiger partial charge in [-0.1, -0.05) is 60.7 Å². The summed E-state index contributed by atoms with van der Waals surface area (Å²) in [4.78, 5) is 46.0. The Morgan fingerprint density at radius 2 is 1.56 bits per heavy atom. The van der Waals surface area contributed by atoms with Gasteiger partial charge in [0, 0.05) is 13.6 Å². The summed E-state index contributed by atoms with van der Waals surface area (Å²) in [5.41, 5.74) is 1.30. The van der Waals surface area contributed by atoms with Crippen molar-refractivity contribution >= 4 is 17.1 Å². The quantitative estimate of drug-likeness (QED) is 0.338. The third-order valence-electron chi connectivity index (χ3n) is 6.06. The van der Waals surface area contributed by atoms with Crippen LogP contribution in [0, 0.1) is 0 Å². The molecule has 0 unspecified atom stereocenters. The highest BCUT2D eigenvalue weighted by Gasteiger charge is 2.21. The number of furan rings is 1. The van der Waals surface area contributed by atoms with E-state index in [-0.39, 0.29) is 30.2 Å². The fourth-order valence-corrected chi connectivity index (χ4v) is 4.17. The second kappa shape index (κ2) is 9.91. The third-order valence-corrected chi connectivity index (χ3v) is 6.06. The maximum atomic E-state index is 13.6. The van der Waals surface area contributed by atoms with Crippen LogP contribution in [0.3, 0.4) is 0 Å². The Labute approximate surface area is 206 Å². The summed E-state index contributed by atoms with van der Waals surface area (Å²) in [6.07, 6.45) is 3.09. The van der Waals surface area contributed by atoms with E-state index in [1.807, 2.05) is 60.7 Å². The molecule has 5 aromatic rings. The lowest BCUT2D eigenvalue weighted by Gasteiger charge is -2.17. The largest absolute Gasteiger partial charge is 0.467 e. The number of carbonyl (C=O) groups excluding carboxylic acids is 1. The van der Waals surface area contributed by atoms with Gasteiger partial charge < -0.3 is 13.9 Å². The minimum atomic E-state index is -0.582. The molecule has 2 aromatic carbocycles. The summed E-state index contributed by atoms with van der Waals surface area (Å²) in [6.45, 7) is 0.459. The first-order chi connectivity index (χ1) is 17.5. The van der Waals surface area contributed by atoms with Gasteiger partial charge in [-0.05, 0) is 23.3 Å². The molecule has 3 aromatic heterocycles. The number of hydrogen-bond acceptors (Lipinski definition) is 5. The fourth-order valence-electron chi connectivity index (χ4n) is 4.17. The first-order valence-corrected chi connectivity index (χ1v) is 11.5. The van der Waals surface area contributed by atoms with Crippen molar-refractivity contribution in [2.24, 2.45) is 0 Å². The smallest absolute Gasteiger partial charge is 0.333 e. The molecule has 1 amide bonds. The average Bonchev–Trinajstić information content (AvgIpc) is 3.56. The lowest BCUT2D eigenvalue weighted by molar-refractivity contribution is -0.131. The van der Waals surface area contributed by atoms with E-state index in [9.17, 15) is 14.4 Å². The van der Waals surface area contributed by atoms with Crippen LogP contribution in [-0.4, -0.2) is 36.5 Å². The van der Waals surface area contributed by atoms with E-state index in [1.165, 1.54) is 15.7 Å². The Morgan fingerprint density at radius 1 is 0.889 bits per heavy atom. The molecule has 5 rings (SSSR count). The van der Waals surface area contributed by atoms with E-state index in [0.29, 0.717) is 12.3 Å². The Kier molecular flexibility index (Phi) is 6.36. The van der Waals surface area contributed by atoms with Crippen LogP contribution >= 0.6 is 0 Å². The van der Waals surface area contributed by atoms with E-state index in [1.54, 1.807) is 30.1 Å². The highest BCUT2D eigenvalue weighted by molar-refractivity contribution is 5.76. The molecular weight excluding hydrogens is 458 g/mol. The number of amides is 1. The summed E-state index contributed by atoms with van der Waals surface area (Å²) < 4.78 is 9.49. The standard InChI is InChI=1S/C27H25N5O4/c1-29(17-22-13-8-14-36-22)23(33)18-32-26(34)24-25(28-19-30(24)15-20-9-4-2-5-10-20)31(27(32)35)16-21-11-6-3-7-12-21/h2-14,19H,15-18H2,1H3. The molecule has 0 spiro atoms. The van der Waals surface area contributed by atoms with Crippen molar-refractivity contribution in [1.82, 2.24) is 23.6 Å². The number of fused-ring (bicyclic) bond motifs is 1. The van der Waals surface area contributed by atoms with Gasteiger partial charge in [0.1, 0.15) is 12.3 Å². The zero-order valence-corrected chi connectivity index (χ0v) is 19.8. The molecule has 0 aliphatic heterocycles. The van der Waals surface area contributed by atoms with Gasteiger partial charge >= 0.3 is 5.69 Å². The number of rotatable bonds is 8. The highest BCUT2D eigenvalue weighted by atomic mass is 16.3. The molecule has 9 heteroatoms. The molecule has 3 heterocycles. The average molecular weight is 484 g/mol. The topological polar surface area (TPSA) is 95.3 Å². The minimum Gasteiger partial charge on any atom is -0.467 e. The minimum absolute atomic E-state index is 0.217. The van der Waals surface area contributed by atoms with Gasteiger partial charge in [-0.2, -0.15) is 0 Å². The molecule has 0 radical (unpaired) electrons. The molecule has 0 N–H and O–H groups in total. The van der Waals surface area contributed by atoms with Gasteiger partial charge in [-0.25, -0.2) is 14.3 Å². The van der Waals surface area contributed by atoms with E-state index >= 15 is 0 Å². The van der Waals surface area contributed by atoms with E-state index in [0.717, 1.165) is 15.7 Å². The number of benzene rings is 2. The summed E-state index contributed by atoms with van der Waals surface area (Å²) >= 11 is 0. The normalized spacial score (nSPS) is 11.1. The number of imidazole rings is 1. The number of nitrogens with zero attached hydrogens (tertiary/aromatic N) is 5. The lowest BCUT2D eigenvalue weighted by atomic mass is 10.2. The molecule has 36 heavy (non-hydrogen) atoms. The van der Waals surface area contributed by atoms with Gasteiger partial charge in [0.15, 0.2) is 11.2 Å². The van der Waals surface area contributed by atoms with Crippen LogP contribution in [0.2, 0.25) is 0 Å². The van der Waals surface area contributed by atoms with Crippen LogP contribution in [0.15, 0.2) is 99.4 Å². The van der Waals surface area contributed by atoms with Gasteiger partial charge in [0.2, 0.25) is 5.91 Å². The molecule has 0 aliphatic carbocycles. The third kappa shape index (κ3) is 4.63. The van der Waals surface area contributed by atoms with Crippen molar-refractivity contribution in [3.63, 3.8) is 0 Å². The van der Waals surface area contributed by atoms with Crippen molar-refractivity contribution in [2.75, 3.05) is 7.05 Å². The Bertz CT molecular complexity index is 1600. The molecule has 0 saturated carbocycles. The van der Waals surface area contributed by atoms with Crippen molar-refractivity contribution in [3.05, 3.63) is 123 Å². The lowest BCUT2D eigenvalue weighted by Crippen LogP contribution is -2.44. The second-order valence-electron chi connectivity index (χ2n) is 8.61. The number of hydrogen-bond donors (Lipinski definition) is 0. The van der Waals surface area contributed by atoms with Crippen LogP contribution in [0.1, 0.15) is 16.9 Å². The van der Waals surface area contributed by atoms with Crippen LogP contribution in [0.5, 0.6) is 0 Å².